The molecule has 12 heteroatoms. The van der Waals surface area contributed by atoms with Crippen molar-refractivity contribution in [3.05, 3.63) is 26.9 Å². The number of ether oxygens (including phenoxy) is 1. The lowest BCUT2D eigenvalue weighted by Crippen LogP contribution is -2.67. The van der Waals surface area contributed by atoms with E-state index >= 15 is 0 Å². The molecule has 10 nitrogen and oxygen atoms in total. The minimum absolute atomic E-state index is 0.0945. The normalized spacial score (nSPS) is 22.8. The van der Waals surface area contributed by atoms with Crippen molar-refractivity contribution in [2.75, 3.05) is 12.4 Å². The van der Waals surface area contributed by atoms with Crippen molar-refractivity contribution >= 4 is 35.0 Å². The number of aryl methyl sites for hydroxylation is 1. The summed E-state index contributed by atoms with van der Waals surface area (Å²) in [5.74, 6) is -1.37. The van der Waals surface area contributed by atoms with E-state index in [0.29, 0.717) is 4.34 Å². The number of azide groups is 1. The Morgan fingerprint density at radius 1 is 1.65 bits per heavy atom. The molecule has 1 aromatic heterocycles. The molecule has 0 radical (unpaired) electrons. The Balaban J connectivity index is 1.82. The highest BCUT2D eigenvalue weighted by atomic mass is 32.2. The van der Waals surface area contributed by atoms with Gasteiger partial charge in [-0.1, -0.05) is 28.2 Å². The molecule has 0 aromatic carbocycles. The first kappa shape index (κ1) is 15.6. The van der Waals surface area contributed by atoms with Crippen LogP contribution in [-0.2, 0) is 14.3 Å². The summed E-state index contributed by atoms with van der Waals surface area (Å²) in [6.45, 7) is 1.91. The van der Waals surface area contributed by atoms with Crippen LogP contribution in [0.15, 0.2) is 20.9 Å². The lowest BCUT2D eigenvalue weighted by molar-refractivity contribution is -0.157. The standard InChI is InChI=1S/C11H10N6O4S2/c1-4-13-15-11(23-4)22-3-6-8(10(19)20)17-5(2-21-6)7(9(17)18)14-16-12/h5,7H,2-3H2,1H3,(H,19,20). The van der Waals surface area contributed by atoms with Crippen molar-refractivity contribution < 1.29 is 19.4 Å². The zero-order valence-corrected chi connectivity index (χ0v) is 13.4. The van der Waals surface area contributed by atoms with Crippen molar-refractivity contribution in [3.8, 4) is 0 Å². The Morgan fingerprint density at radius 3 is 3.04 bits per heavy atom. The van der Waals surface area contributed by atoms with Crippen molar-refractivity contribution in [1.29, 1.82) is 0 Å². The highest BCUT2D eigenvalue weighted by molar-refractivity contribution is 8.01. The predicted molar refractivity (Wildman–Crippen MR) is 79.6 cm³/mol. The number of carbonyl (C=O) groups is 2. The zero-order chi connectivity index (χ0) is 16.6. The predicted octanol–water partition coefficient (Wildman–Crippen LogP) is 1.15. The average Bonchev–Trinajstić information content (AvgIpc) is 2.94. The van der Waals surface area contributed by atoms with Gasteiger partial charge in [-0.25, -0.2) is 4.79 Å². The van der Waals surface area contributed by atoms with Gasteiger partial charge in [-0.15, -0.1) is 10.2 Å². The molecule has 0 aliphatic carbocycles. The van der Waals surface area contributed by atoms with Gasteiger partial charge in [0.05, 0.1) is 11.8 Å². The van der Waals surface area contributed by atoms with Gasteiger partial charge in [0.25, 0.3) is 0 Å². The zero-order valence-electron chi connectivity index (χ0n) is 11.7. The molecule has 0 saturated carbocycles. The first-order valence-electron chi connectivity index (χ1n) is 6.42. The van der Waals surface area contributed by atoms with Crippen molar-refractivity contribution in [2.45, 2.75) is 23.3 Å². The number of hydrogen-bond acceptors (Lipinski definition) is 8. The summed E-state index contributed by atoms with van der Waals surface area (Å²) in [7, 11) is 0. The minimum atomic E-state index is -1.26. The van der Waals surface area contributed by atoms with Crippen LogP contribution in [-0.4, -0.2) is 56.5 Å². The number of rotatable bonds is 5. The molecule has 1 N–H and O–H groups in total. The number of β-lactam (4-membered cyclic amide) rings is 1. The molecule has 1 saturated heterocycles. The lowest BCUT2D eigenvalue weighted by Gasteiger charge is -2.47. The molecule has 1 fully saturated rings. The van der Waals surface area contributed by atoms with E-state index in [0.717, 1.165) is 9.91 Å². The van der Waals surface area contributed by atoms with Crippen molar-refractivity contribution in [1.82, 2.24) is 15.1 Å². The maximum Gasteiger partial charge on any atom is 0.356 e. The van der Waals surface area contributed by atoms with Gasteiger partial charge in [0.15, 0.2) is 10.0 Å². The first-order valence-corrected chi connectivity index (χ1v) is 8.22. The quantitative estimate of drug-likeness (QED) is 0.275. The molecule has 120 valence electrons. The third-order valence-electron chi connectivity index (χ3n) is 3.33. The Bertz CT molecular complexity index is 755. The highest BCUT2D eigenvalue weighted by Crippen LogP contribution is 2.36. The van der Waals surface area contributed by atoms with Gasteiger partial charge in [-0.3, -0.25) is 9.69 Å². The molecular weight excluding hydrogens is 344 g/mol. The van der Waals surface area contributed by atoms with Crippen LogP contribution in [0, 0.1) is 6.92 Å². The van der Waals surface area contributed by atoms with E-state index in [2.05, 4.69) is 20.2 Å². The summed E-state index contributed by atoms with van der Waals surface area (Å²) in [5.41, 5.74) is 8.25. The van der Waals surface area contributed by atoms with Crippen LogP contribution in [0.3, 0.4) is 0 Å². The van der Waals surface area contributed by atoms with E-state index in [1.807, 2.05) is 6.92 Å². The van der Waals surface area contributed by atoms with Gasteiger partial charge in [0, 0.05) is 4.91 Å². The third-order valence-corrected chi connectivity index (χ3v) is 5.30. The molecule has 0 spiro atoms. The maximum absolute atomic E-state index is 12.0. The Hall–Kier alpha value is -2.30. The van der Waals surface area contributed by atoms with E-state index in [1.165, 1.54) is 23.1 Å². The number of carboxylic acid groups (broad SMARTS) is 1. The second-order valence-corrected chi connectivity index (χ2v) is 7.09. The average molecular weight is 354 g/mol. The molecular formula is C11H10N6O4S2. The summed E-state index contributed by atoms with van der Waals surface area (Å²) in [4.78, 5) is 27.3. The summed E-state index contributed by atoms with van der Waals surface area (Å²) in [5, 5.41) is 21.4. The Labute approximate surface area is 137 Å². The van der Waals surface area contributed by atoms with E-state index in [-0.39, 0.29) is 23.8 Å². The number of amides is 1. The molecule has 0 bridgehead atoms. The van der Waals surface area contributed by atoms with Gasteiger partial charge in [0.1, 0.15) is 23.4 Å². The molecule has 2 aliphatic rings. The van der Waals surface area contributed by atoms with E-state index in [1.54, 1.807) is 0 Å². The van der Waals surface area contributed by atoms with Crippen LogP contribution in [0.2, 0.25) is 0 Å². The lowest BCUT2D eigenvalue weighted by atomic mass is 9.93. The number of carbonyl (C=O) groups excluding carboxylic acids is 1. The largest absolute Gasteiger partial charge is 0.492 e. The second-order valence-electron chi connectivity index (χ2n) is 4.69. The Kier molecular flexibility index (Phi) is 4.11. The van der Waals surface area contributed by atoms with E-state index in [4.69, 9.17) is 10.3 Å². The van der Waals surface area contributed by atoms with Gasteiger partial charge >= 0.3 is 5.97 Å². The SMILES string of the molecule is Cc1nnc(SCC2=C(C(=O)O)N3C(=O)C(N=[N+]=[N-])C3CO2)s1. The number of carboxylic acids is 1. The molecule has 3 heterocycles. The molecule has 3 rings (SSSR count). The summed E-state index contributed by atoms with van der Waals surface area (Å²) in [6, 6.07) is -1.48. The van der Waals surface area contributed by atoms with Gasteiger partial charge in [-0.05, 0) is 12.5 Å². The van der Waals surface area contributed by atoms with Gasteiger partial charge in [-0.2, -0.15) is 0 Å². The van der Waals surface area contributed by atoms with Gasteiger partial charge in [0.2, 0.25) is 5.91 Å². The second kappa shape index (κ2) is 6.07. The number of fused-ring (bicyclic) bond motifs is 1. The molecule has 2 atom stereocenters. The van der Waals surface area contributed by atoms with Crippen LogP contribution in [0.25, 0.3) is 10.4 Å². The van der Waals surface area contributed by atoms with Crippen molar-refractivity contribution in [2.24, 2.45) is 5.11 Å². The number of thioether (sulfide) groups is 1. The highest BCUT2D eigenvalue weighted by Gasteiger charge is 2.53. The molecule has 2 unspecified atom stereocenters. The number of aliphatic carboxylic acids is 1. The molecule has 1 amide bonds. The minimum Gasteiger partial charge on any atom is -0.492 e. The summed E-state index contributed by atoms with van der Waals surface area (Å²) in [6.07, 6.45) is 0. The van der Waals surface area contributed by atoms with Crippen LogP contribution in [0.4, 0.5) is 0 Å². The molecule has 2 aliphatic heterocycles. The van der Waals surface area contributed by atoms with Crippen LogP contribution in [0.5, 0.6) is 0 Å². The maximum atomic E-state index is 12.0. The Morgan fingerprint density at radius 2 is 2.43 bits per heavy atom. The smallest absolute Gasteiger partial charge is 0.356 e. The van der Waals surface area contributed by atoms with Crippen LogP contribution < -0.4 is 0 Å². The molecule has 1 aromatic rings. The van der Waals surface area contributed by atoms with Gasteiger partial charge < -0.3 is 9.84 Å². The van der Waals surface area contributed by atoms with E-state index < -0.39 is 24.0 Å². The summed E-state index contributed by atoms with van der Waals surface area (Å²) >= 11 is 2.68. The monoisotopic (exact) mass is 354 g/mol. The summed E-state index contributed by atoms with van der Waals surface area (Å²) < 4.78 is 6.18. The fourth-order valence-corrected chi connectivity index (χ4v) is 4.10. The fraction of sp³-hybridized carbons (Fsp3) is 0.455. The number of aromatic nitrogens is 2. The van der Waals surface area contributed by atoms with E-state index in [9.17, 15) is 14.7 Å². The fourth-order valence-electron chi connectivity index (χ4n) is 2.34. The topological polar surface area (TPSA) is 141 Å². The number of hydrogen-bond donors (Lipinski definition) is 1. The first-order chi connectivity index (χ1) is 11.0. The van der Waals surface area contributed by atoms with Crippen LogP contribution in [0.1, 0.15) is 5.01 Å². The molecule has 23 heavy (non-hydrogen) atoms. The van der Waals surface area contributed by atoms with Crippen molar-refractivity contribution in [3.63, 3.8) is 0 Å². The number of nitrogens with zero attached hydrogens (tertiary/aromatic N) is 6. The van der Waals surface area contributed by atoms with Crippen LogP contribution >= 0.6 is 23.1 Å². The third kappa shape index (κ3) is 2.71.